The zero-order valence-electron chi connectivity index (χ0n) is 10.7. The lowest BCUT2D eigenvalue weighted by atomic mass is 10.2. The van der Waals surface area contributed by atoms with Crippen LogP contribution >= 0.6 is 0 Å². The van der Waals surface area contributed by atoms with E-state index in [-0.39, 0.29) is 0 Å². The van der Waals surface area contributed by atoms with Gasteiger partial charge in [0.15, 0.2) is 0 Å². The van der Waals surface area contributed by atoms with Crippen LogP contribution in [0, 0.1) is 0 Å². The molecule has 0 aliphatic carbocycles. The molecule has 0 aromatic rings. The summed E-state index contributed by atoms with van der Waals surface area (Å²) in [7, 11) is 0. The molecular formula is C13H28N2. The molecule has 15 heavy (non-hydrogen) atoms. The summed E-state index contributed by atoms with van der Waals surface area (Å²) in [6, 6.07) is 0. The Morgan fingerprint density at radius 1 is 0.533 bits per heavy atom. The van der Waals surface area contributed by atoms with E-state index in [0.29, 0.717) is 0 Å². The standard InChI is InChI=1S/C13H28N2/c1-3-5-7-9-11-13-15-14-12-10-8-6-4-2/h3-13H2,1-2H3. The number of unbranched alkanes of at least 4 members (excludes halogenated alkanes) is 7. The van der Waals surface area contributed by atoms with Crippen molar-refractivity contribution in [2.75, 3.05) is 13.1 Å². The molecule has 0 saturated carbocycles. The molecule has 0 rings (SSSR count). The maximum absolute atomic E-state index is 4.19. The molecule has 0 aromatic carbocycles. The van der Waals surface area contributed by atoms with Crippen molar-refractivity contribution in [3.8, 4) is 0 Å². The molecule has 0 unspecified atom stereocenters. The van der Waals surface area contributed by atoms with Gasteiger partial charge in [-0.1, -0.05) is 58.8 Å². The Hall–Kier alpha value is -0.400. The van der Waals surface area contributed by atoms with Crippen molar-refractivity contribution >= 4 is 0 Å². The molecule has 2 nitrogen and oxygen atoms in total. The summed E-state index contributed by atoms with van der Waals surface area (Å²) >= 11 is 0. The number of hydrogen-bond donors (Lipinski definition) is 0. The van der Waals surface area contributed by atoms with Crippen molar-refractivity contribution in [1.82, 2.24) is 0 Å². The minimum Gasteiger partial charge on any atom is -0.194 e. The van der Waals surface area contributed by atoms with Crippen molar-refractivity contribution in [3.63, 3.8) is 0 Å². The highest BCUT2D eigenvalue weighted by molar-refractivity contribution is 4.47. The van der Waals surface area contributed by atoms with Gasteiger partial charge in [0.2, 0.25) is 0 Å². The first-order valence-electron chi connectivity index (χ1n) is 6.75. The van der Waals surface area contributed by atoms with E-state index < -0.39 is 0 Å². The second kappa shape index (κ2) is 13.6. The highest BCUT2D eigenvalue weighted by atomic mass is 15.1. The van der Waals surface area contributed by atoms with Gasteiger partial charge < -0.3 is 0 Å². The summed E-state index contributed by atoms with van der Waals surface area (Å²) < 4.78 is 0. The molecular weight excluding hydrogens is 184 g/mol. The summed E-state index contributed by atoms with van der Waals surface area (Å²) in [5, 5.41) is 8.38. The second-order valence-corrected chi connectivity index (χ2v) is 4.20. The van der Waals surface area contributed by atoms with Crippen LogP contribution in [0.2, 0.25) is 0 Å². The summed E-state index contributed by atoms with van der Waals surface area (Å²) in [6.45, 7) is 6.36. The first-order chi connectivity index (χ1) is 7.41. The smallest absolute Gasteiger partial charge is 0.0598 e. The quantitative estimate of drug-likeness (QED) is 0.340. The van der Waals surface area contributed by atoms with Crippen LogP contribution in [0.15, 0.2) is 10.2 Å². The Morgan fingerprint density at radius 3 is 1.40 bits per heavy atom. The second-order valence-electron chi connectivity index (χ2n) is 4.20. The Balaban J connectivity index is 2.97. The van der Waals surface area contributed by atoms with Crippen molar-refractivity contribution in [2.45, 2.75) is 71.6 Å². The van der Waals surface area contributed by atoms with Crippen molar-refractivity contribution in [2.24, 2.45) is 10.2 Å². The van der Waals surface area contributed by atoms with Gasteiger partial charge in [0.25, 0.3) is 0 Å². The van der Waals surface area contributed by atoms with E-state index in [0.717, 1.165) is 13.1 Å². The Labute approximate surface area is 95.6 Å². The molecule has 0 atom stereocenters. The molecule has 0 saturated heterocycles. The SMILES string of the molecule is CCCCCCCN=NCCCCCC. The first-order valence-corrected chi connectivity index (χ1v) is 6.75. The van der Waals surface area contributed by atoms with Gasteiger partial charge in [-0.05, 0) is 12.8 Å². The van der Waals surface area contributed by atoms with Gasteiger partial charge in [0, 0.05) is 0 Å². The minimum absolute atomic E-state index is 0.939. The van der Waals surface area contributed by atoms with E-state index >= 15 is 0 Å². The topological polar surface area (TPSA) is 24.7 Å². The lowest BCUT2D eigenvalue weighted by Gasteiger charge is -1.96. The Bertz CT molecular complexity index is 132. The normalized spacial score (nSPS) is 11.3. The molecule has 0 aliphatic rings. The van der Waals surface area contributed by atoms with E-state index in [9.17, 15) is 0 Å². The zero-order valence-corrected chi connectivity index (χ0v) is 10.7. The van der Waals surface area contributed by atoms with Gasteiger partial charge in [0.1, 0.15) is 0 Å². The van der Waals surface area contributed by atoms with Gasteiger partial charge in [-0.3, -0.25) is 0 Å². The minimum atomic E-state index is 0.939. The third kappa shape index (κ3) is 13.6. The first kappa shape index (κ1) is 14.6. The largest absolute Gasteiger partial charge is 0.194 e. The third-order valence-corrected chi connectivity index (χ3v) is 2.57. The molecule has 0 spiro atoms. The van der Waals surface area contributed by atoms with Crippen LogP contribution in [-0.4, -0.2) is 13.1 Å². The van der Waals surface area contributed by atoms with Crippen LogP contribution in [0.5, 0.6) is 0 Å². The maximum atomic E-state index is 4.19. The molecule has 0 fully saturated rings. The fourth-order valence-electron chi connectivity index (χ4n) is 1.54. The maximum Gasteiger partial charge on any atom is 0.0598 e. The van der Waals surface area contributed by atoms with Gasteiger partial charge in [-0.25, -0.2) is 0 Å². The van der Waals surface area contributed by atoms with Crippen molar-refractivity contribution < 1.29 is 0 Å². The number of hydrogen-bond acceptors (Lipinski definition) is 2. The summed E-state index contributed by atoms with van der Waals surface area (Å²) in [5.74, 6) is 0. The number of azo groups is 1. The van der Waals surface area contributed by atoms with E-state index in [1.165, 1.54) is 57.8 Å². The average molecular weight is 212 g/mol. The third-order valence-electron chi connectivity index (χ3n) is 2.57. The molecule has 0 heterocycles. The van der Waals surface area contributed by atoms with Crippen LogP contribution in [0.1, 0.15) is 71.6 Å². The molecule has 0 aliphatic heterocycles. The Morgan fingerprint density at radius 2 is 0.933 bits per heavy atom. The molecule has 0 bridgehead atoms. The molecule has 2 heteroatoms. The number of nitrogens with zero attached hydrogens (tertiary/aromatic N) is 2. The fraction of sp³-hybridized carbons (Fsp3) is 1.00. The average Bonchev–Trinajstić information content (AvgIpc) is 2.26. The van der Waals surface area contributed by atoms with Crippen molar-refractivity contribution in [1.29, 1.82) is 0 Å². The highest BCUT2D eigenvalue weighted by Crippen LogP contribution is 2.03. The van der Waals surface area contributed by atoms with Crippen LogP contribution in [0.4, 0.5) is 0 Å². The monoisotopic (exact) mass is 212 g/mol. The fourth-order valence-corrected chi connectivity index (χ4v) is 1.54. The zero-order chi connectivity index (χ0) is 11.2. The predicted molar refractivity (Wildman–Crippen MR) is 67.5 cm³/mol. The van der Waals surface area contributed by atoms with Crippen molar-refractivity contribution in [3.05, 3.63) is 0 Å². The number of rotatable bonds is 11. The van der Waals surface area contributed by atoms with E-state index in [1.807, 2.05) is 0 Å². The molecule has 0 amide bonds. The molecule has 90 valence electrons. The van der Waals surface area contributed by atoms with Gasteiger partial charge in [-0.2, -0.15) is 10.2 Å². The molecule has 0 aromatic heterocycles. The van der Waals surface area contributed by atoms with E-state index in [4.69, 9.17) is 0 Å². The van der Waals surface area contributed by atoms with Crippen LogP contribution in [-0.2, 0) is 0 Å². The lowest BCUT2D eigenvalue weighted by Crippen LogP contribution is -1.84. The van der Waals surface area contributed by atoms with Gasteiger partial charge in [0.05, 0.1) is 13.1 Å². The van der Waals surface area contributed by atoms with E-state index in [2.05, 4.69) is 24.1 Å². The van der Waals surface area contributed by atoms with Gasteiger partial charge >= 0.3 is 0 Å². The molecule has 0 radical (unpaired) electrons. The summed E-state index contributed by atoms with van der Waals surface area (Å²) in [6.07, 6.45) is 11.8. The van der Waals surface area contributed by atoms with E-state index in [1.54, 1.807) is 0 Å². The summed E-state index contributed by atoms with van der Waals surface area (Å²) in [4.78, 5) is 0. The summed E-state index contributed by atoms with van der Waals surface area (Å²) in [5.41, 5.74) is 0. The Kier molecular flexibility index (Phi) is 13.2. The van der Waals surface area contributed by atoms with Crippen LogP contribution in [0.3, 0.4) is 0 Å². The van der Waals surface area contributed by atoms with Crippen LogP contribution in [0.25, 0.3) is 0 Å². The lowest BCUT2D eigenvalue weighted by molar-refractivity contribution is 0.620. The van der Waals surface area contributed by atoms with Gasteiger partial charge in [-0.15, -0.1) is 0 Å². The predicted octanol–water partition coefficient (Wildman–Crippen LogP) is 4.99. The molecule has 0 N–H and O–H groups in total. The van der Waals surface area contributed by atoms with Crippen LogP contribution < -0.4 is 0 Å². The highest BCUT2D eigenvalue weighted by Gasteiger charge is 1.88.